The molecule has 0 radical (unpaired) electrons. The standard InChI is InChI=1S/C23H25BrClN3O5/c1-4-32-20(29)13-33-19-10-5-15(11-18(19)24)12-26-28-23(31)21(14(2)3)27-22(30)16-6-8-17(25)9-7-16/h5-12,14,21H,4,13H2,1-3H3,(H,27,30)(H,28,31)/b26-12-. The summed E-state index contributed by atoms with van der Waals surface area (Å²) in [4.78, 5) is 36.4. The van der Waals surface area contributed by atoms with Gasteiger partial charge < -0.3 is 14.8 Å². The summed E-state index contributed by atoms with van der Waals surface area (Å²) in [6.45, 7) is 5.45. The lowest BCUT2D eigenvalue weighted by Gasteiger charge is -2.20. The summed E-state index contributed by atoms with van der Waals surface area (Å²) >= 11 is 9.22. The minimum Gasteiger partial charge on any atom is -0.481 e. The van der Waals surface area contributed by atoms with Crippen molar-refractivity contribution in [3.05, 3.63) is 63.1 Å². The van der Waals surface area contributed by atoms with Gasteiger partial charge >= 0.3 is 5.97 Å². The molecule has 0 aliphatic rings. The summed E-state index contributed by atoms with van der Waals surface area (Å²) < 4.78 is 10.8. The molecule has 2 aromatic rings. The predicted octanol–water partition coefficient (Wildman–Crippen LogP) is 3.95. The van der Waals surface area contributed by atoms with Crippen LogP contribution in [0.2, 0.25) is 5.02 Å². The molecule has 0 aliphatic carbocycles. The first-order valence-corrected chi connectivity index (χ1v) is 11.4. The molecule has 1 atom stereocenters. The molecular formula is C23H25BrClN3O5. The van der Waals surface area contributed by atoms with Crippen LogP contribution in [-0.2, 0) is 14.3 Å². The fourth-order valence-electron chi connectivity index (χ4n) is 2.65. The van der Waals surface area contributed by atoms with Crippen molar-refractivity contribution in [3.8, 4) is 5.75 Å². The number of carbonyl (C=O) groups is 3. The van der Waals surface area contributed by atoms with E-state index in [1.54, 1.807) is 49.4 Å². The Hall–Kier alpha value is -2.91. The van der Waals surface area contributed by atoms with Crippen molar-refractivity contribution in [2.75, 3.05) is 13.2 Å². The minimum absolute atomic E-state index is 0.165. The average molecular weight is 539 g/mol. The number of carbonyl (C=O) groups excluding carboxylic acids is 3. The van der Waals surface area contributed by atoms with Gasteiger partial charge in [0.25, 0.3) is 11.8 Å². The number of hydrogen-bond acceptors (Lipinski definition) is 6. The largest absolute Gasteiger partial charge is 0.481 e. The highest BCUT2D eigenvalue weighted by atomic mass is 79.9. The van der Waals surface area contributed by atoms with Gasteiger partial charge in [-0.2, -0.15) is 5.10 Å². The Morgan fingerprint density at radius 1 is 1.15 bits per heavy atom. The molecule has 2 N–H and O–H groups in total. The van der Waals surface area contributed by atoms with Crippen LogP contribution in [0.1, 0.15) is 36.7 Å². The molecule has 0 heterocycles. The second kappa shape index (κ2) is 13.0. The summed E-state index contributed by atoms with van der Waals surface area (Å²) in [5.41, 5.74) is 3.53. The van der Waals surface area contributed by atoms with Gasteiger partial charge in [-0.3, -0.25) is 9.59 Å². The highest BCUT2D eigenvalue weighted by Gasteiger charge is 2.24. The van der Waals surface area contributed by atoms with Crippen molar-refractivity contribution in [3.63, 3.8) is 0 Å². The van der Waals surface area contributed by atoms with Crippen LogP contribution in [0.5, 0.6) is 5.75 Å². The van der Waals surface area contributed by atoms with E-state index >= 15 is 0 Å². The van der Waals surface area contributed by atoms with Crippen molar-refractivity contribution in [1.29, 1.82) is 0 Å². The van der Waals surface area contributed by atoms with Gasteiger partial charge in [-0.05, 0) is 76.8 Å². The van der Waals surface area contributed by atoms with E-state index in [0.29, 0.717) is 26.4 Å². The second-order valence-electron chi connectivity index (χ2n) is 7.22. The fourth-order valence-corrected chi connectivity index (χ4v) is 3.29. The van der Waals surface area contributed by atoms with Gasteiger partial charge in [0.05, 0.1) is 17.3 Å². The normalized spacial score (nSPS) is 11.8. The lowest BCUT2D eigenvalue weighted by Crippen LogP contribution is -2.48. The number of esters is 1. The van der Waals surface area contributed by atoms with Crippen LogP contribution in [0, 0.1) is 5.92 Å². The third-order valence-electron chi connectivity index (χ3n) is 4.34. The van der Waals surface area contributed by atoms with Crippen LogP contribution in [0.3, 0.4) is 0 Å². The Morgan fingerprint density at radius 3 is 2.45 bits per heavy atom. The molecule has 176 valence electrons. The highest BCUT2D eigenvalue weighted by Crippen LogP contribution is 2.25. The Labute approximate surface area is 205 Å². The van der Waals surface area contributed by atoms with Gasteiger partial charge in [-0.15, -0.1) is 0 Å². The molecule has 8 nitrogen and oxygen atoms in total. The number of nitrogens with one attached hydrogen (secondary N) is 2. The SMILES string of the molecule is CCOC(=O)COc1ccc(/C=N\NC(=O)C(NC(=O)c2ccc(Cl)cc2)C(C)C)cc1Br. The zero-order chi connectivity index (χ0) is 24.4. The summed E-state index contributed by atoms with van der Waals surface area (Å²) in [7, 11) is 0. The van der Waals surface area contributed by atoms with Crippen molar-refractivity contribution < 1.29 is 23.9 Å². The minimum atomic E-state index is -0.782. The third-order valence-corrected chi connectivity index (χ3v) is 5.21. The first kappa shape index (κ1) is 26.3. The molecule has 33 heavy (non-hydrogen) atoms. The molecule has 0 spiro atoms. The van der Waals surface area contributed by atoms with Crippen LogP contribution >= 0.6 is 27.5 Å². The van der Waals surface area contributed by atoms with E-state index in [1.807, 2.05) is 13.8 Å². The number of nitrogens with zero attached hydrogens (tertiary/aromatic N) is 1. The zero-order valence-corrected chi connectivity index (χ0v) is 20.8. The lowest BCUT2D eigenvalue weighted by atomic mass is 10.0. The second-order valence-corrected chi connectivity index (χ2v) is 8.51. The topological polar surface area (TPSA) is 106 Å². The lowest BCUT2D eigenvalue weighted by molar-refractivity contribution is -0.145. The first-order valence-electron chi connectivity index (χ1n) is 10.2. The maximum atomic E-state index is 12.6. The Balaban J connectivity index is 1.95. The van der Waals surface area contributed by atoms with E-state index in [2.05, 4.69) is 31.8 Å². The van der Waals surface area contributed by atoms with Gasteiger partial charge in [-0.1, -0.05) is 25.4 Å². The molecule has 0 saturated heterocycles. The number of amides is 2. The molecule has 1 unspecified atom stereocenters. The molecule has 2 amide bonds. The van der Waals surface area contributed by atoms with Gasteiger partial charge in [0.2, 0.25) is 0 Å². The molecule has 2 rings (SSSR count). The van der Waals surface area contributed by atoms with Crippen LogP contribution < -0.4 is 15.5 Å². The third kappa shape index (κ3) is 8.51. The maximum absolute atomic E-state index is 12.6. The number of hydrogen-bond donors (Lipinski definition) is 2. The molecule has 0 saturated carbocycles. The van der Waals surface area contributed by atoms with Crippen molar-refractivity contribution in [2.45, 2.75) is 26.8 Å². The summed E-state index contributed by atoms with van der Waals surface area (Å²) in [6.07, 6.45) is 1.45. The van der Waals surface area contributed by atoms with E-state index in [-0.39, 0.29) is 25.0 Å². The Kier molecular flexibility index (Phi) is 10.3. The van der Waals surface area contributed by atoms with Crippen molar-refractivity contribution >= 4 is 51.5 Å². The maximum Gasteiger partial charge on any atom is 0.344 e. The van der Waals surface area contributed by atoms with Gasteiger partial charge in [-0.25, -0.2) is 10.2 Å². The van der Waals surface area contributed by atoms with E-state index < -0.39 is 17.9 Å². The summed E-state index contributed by atoms with van der Waals surface area (Å²) in [5.74, 6) is -0.986. The highest BCUT2D eigenvalue weighted by molar-refractivity contribution is 9.10. The van der Waals surface area contributed by atoms with E-state index in [4.69, 9.17) is 21.1 Å². The van der Waals surface area contributed by atoms with Crippen LogP contribution in [0.25, 0.3) is 0 Å². The van der Waals surface area contributed by atoms with Gasteiger partial charge in [0.15, 0.2) is 6.61 Å². The number of halogens is 2. The van der Waals surface area contributed by atoms with Gasteiger partial charge in [0.1, 0.15) is 11.8 Å². The molecule has 0 aromatic heterocycles. The van der Waals surface area contributed by atoms with Crippen LogP contribution in [0.4, 0.5) is 0 Å². The Morgan fingerprint density at radius 2 is 1.85 bits per heavy atom. The predicted molar refractivity (Wildman–Crippen MR) is 130 cm³/mol. The molecule has 2 aromatic carbocycles. The van der Waals surface area contributed by atoms with Crippen molar-refractivity contribution in [2.24, 2.45) is 11.0 Å². The molecule has 0 fully saturated rings. The number of rotatable bonds is 10. The molecule has 10 heteroatoms. The smallest absolute Gasteiger partial charge is 0.344 e. The van der Waals surface area contributed by atoms with Gasteiger partial charge in [0, 0.05) is 10.6 Å². The van der Waals surface area contributed by atoms with E-state index in [1.165, 1.54) is 6.21 Å². The monoisotopic (exact) mass is 537 g/mol. The Bertz CT molecular complexity index is 1010. The number of ether oxygens (including phenoxy) is 2. The number of benzene rings is 2. The summed E-state index contributed by atoms with van der Waals surface area (Å²) in [5, 5.41) is 7.21. The zero-order valence-electron chi connectivity index (χ0n) is 18.4. The first-order chi connectivity index (χ1) is 15.7. The van der Waals surface area contributed by atoms with Crippen LogP contribution in [-0.4, -0.2) is 43.3 Å². The van der Waals surface area contributed by atoms with E-state index in [0.717, 1.165) is 0 Å². The molecule has 0 bridgehead atoms. The molecular weight excluding hydrogens is 514 g/mol. The average Bonchev–Trinajstić information content (AvgIpc) is 2.77. The van der Waals surface area contributed by atoms with E-state index in [9.17, 15) is 14.4 Å². The molecule has 0 aliphatic heterocycles. The number of hydrazone groups is 1. The quantitative estimate of drug-likeness (QED) is 0.271. The summed E-state index contributed by atoms with van der Waals surface area (Å²) in [6, 6.07) is 10.7. The van der Waals surface area contributed by atoms with Crippen molar-refractivity contribution in [1.82, 2.24) is 10.7 Å². The van der Waals surface area contributed by atoms with Crippen LogP contribution in [0.15, 0.2) is 52.0 Å². The fraction of sp³-hybridized carbons (Fsp3) is 0.304.